The Labute approximate surface area is 124 Å². The van der Waals surface area contributed by atoms with Crippen molar-refractivity contribution in [1.29, 1.82) is 0 Å². The molecule has 0 aliphatic heterocycles. The largest absolute Gasteiger partial charge is 0.297 e. The Kier molecular flexibility index (Phi) is 7.27. The first-order chi connectivity index (χ1) is 8.67. The zero-order chi connectivity index (χ0) is 13.5. The number of alkyl halides is 1. The second-order valence-electron chi connectivity index (χ2n) is 4.34. The standard InChI is InChI=1S/C13H23BrClN3/c1-4-8-17(9-7-14)10-12-13(15)11(5-2)16-18(12)6-3/h4-10H2,1-3H3. The molecule has 0 radical (unpaired) electrons. The van der Waals surface area contributed by atoms with Crippen LogP contribution in [-0.4, -0.2) is 33.1 Å². The average molecular weight is 337 g/mol. The number of rotatable bonds is 8. The van der Waals surface area contributed by atoms with Gasteiger partial charge in [-0.1, -0.05) is 41.4 Å². The maximum absolute atomic E-state index is 6.43. The van der Waals surface area contributed by atoms with Crippen LogP contribution in [0.4, 0.5) is 0 Å². The van der Waals surface area contributed by atoms with Crippen LogP contribution >= 0.6 is 27.5 Å². The molecule has 0 atom stereocenters. The summed E-state index contributed by atoms with van der Waals surface area (Å²) < 4.78 is 2.04. The summed E-state index contributed by atoms with van der Waals surface area (Å²) in [7, 11) is 0. The molecule has 1 rings (SSSR count). The van der Waals surface area contributed by atoms with Crippen LogP contribution in [0.3, 0.4) is 0 Å². The van der Waals surface area contributed by atoms with E-state index < -0.39 is 0 Å². The van der Waals surface area contributed by atoms with E-state index in [9.17, 15) is 0 Å². The lowest BCUT2D eigenvalue weighted by molar-refractivity contribution is 0.274. The molecule has 0 aromatic carbocycles. The van der Waals surface area contributed by atoms with E-state index in [1.54, 1.807) is 0 Å². The minimum absolute atomic E-state index is 0.857. The van der Waals surface area contributed by atoms with Gasteiger partial charge in [-0.2, -0.15) is 5.10 Å². The maximum Gasteiger partial charge on any atom is 0.0863 e. The Bertz CT molecular complexity index is 359. The molecule has 1 aromatic heterocycles. The number of aryl methyl sites for hydroxylation is 2. The van der Waals surface area contributed by atoms with Crippen molar-refractivity contribution < 1.29 is 0 Å². The summed E-state index contributed by atoms with van der Waals surface area (Å²) in [6.07, 6.45) is 2.05. The SMILES string of the molecule is CCCN(CCBr)Cc1c(Cl)c(CC)nn1CC. The Morgan fingerprint density at radius 3 is 2.50 bits per heavy atom. The van der Waals surface area contributed by atoms with E-state index in [1.165, 1.54) is 0 Å². The third-order valence-electron chi connectivity index (χ3n) is 3.01. The van der Waals surface area contributed by atoms with Crippen LogP contribution in [0.15, 0.2) is 0 Å². The van der Waals surface area contributed by atoms with Gasteiger partial charge in [0.1, 0.15) is 0 Å². The van der Waals surface area contributed by atoms with Gasteiger partial charge in [-0.25, -0.2) is 0 Å². The van der Waals surface area contributed by atoms with E-state index in [0.717, 1.165) is 60.8 Å². The zero-order valence-corrected chi connectivity index (χ0v) is 13.9. The monoisotopic (exact) mass is 335 g/mol. The lowest BCUT2D eigenvalue weighted by atomic mass is 10.2. The first-order valence-corrected chi connectivity index (χ1v) is 8.20. The lowest BCUT2D eigenvalue weighted by Crippen LogP contribution is -2.27. The van der Waals surface area contributed by atoms with Gasteiger partial charge in [-0.15, -0.1) is 0 Å². The van der Waals surface area contributed by atoms with E-state index in [2.05, 4.69) is 46.7 Å². The van der Waals surface area contributed by atoms with Gasteiger partial charge in [-0.05, 0) is 26.3 Å². The van der Waals surface area contributed by atoms with Gasteiger partial charge in [0.2, 0.25) is 0 Å². The molecule has 0 aliphatic carbocycles. The van der Waals surface area contributed by atoms with E-state index in [1.807, 2.05) is 4.68 Å². The van der Waals surface area contributed by atoms with Gasteiger partial charge in [0.25, 0.3) is 0 Å². The molecule has 0 saturated heterocycles. The Morgan fingerprint density at radius 1 is 1.28 bits per heavy atom. The van der Waals surface area contributed by atoms with Crippen LogP contribution in [0.2, 0.25) is 5.02 Å². The highest BCUT2D eigenvalue weighted by atomic mass is 79.9. The van der Waals surface area contributed by atoms with Crippen molar-refractivity contribution in [3.05, 3.63) is 16.4 Å². The molecule has 0 fully saturated rings. The molecule has 104 valence electrons. The molecule has 1 heterocycles. The molecule has 0 amide bonds. The fourth-order valence-electron chi connectivity index (χ4n) is 2.09. The normalized spacial score (nSPS) is 11.4. The molecule has 0 bridgehead atoms. The summed E-state index contributed by atoms with van der Waals surface area (Å²) in [4.78, 5) is 2.42. The fraction of sp³-hybridized carbons (Fsp3) is 0.769. The maximum atomic E-state index is 6.43. The van der Waals surface area contributed by atoms with Crippen LogP contribution in [0.25, 0.3) is 0 Å². The topological polar surface area (TPSA) is 21.1 Å². The molecule has 0 aliphatic rings. The third kappa shape index (κ3) is 3.97. The first-order valence-electron chi connectivity index (χ1n) is 6.70. The van der Waals surface area contributed by atoms with Crippen LogP contribution in [0, 0.1) is 0 Å². The van der Waals surface area contributed by atoms with Crippen LogP contribution in [0.5, 0.6) is 0 Å². The van der Waals surface area contributed by atoms with Crippen LogP contribution in [-0.2, 0) is 19.5 Å². The Balaban J connectivity index is 2.89. The molecule has 18 heavy (non-hydrogen) atoms. The third-order valence-corrected chi connectivity index (χ3v) is 3.80. The fourth-order valence-corrected chi connectivity index (χ4v) is 2.92. The van der Waals surface area contributed by atoms with Crippen molar-refractivity contribution in [2.24, 2.45) is 0 Å². The predicted octanol–water partition coefficient (Wildman–Crippen LogP) is 3.73. The van der Waals surface area contributed by atoms with E-state index in [0.29, 0.717) is 0 Å². The molecule has 0 spiro atoms. The molecule has 0 N–H and O–H groups in total. The highest BCUT2D eigenvalue weighted by Crippen LogP contribution is 2.23. The molecule has 0 saturated carbocycles. The summed E-state index contributed by atoms with van der Waals surface area (Å²) in [6.45, 7) is 10.3. The molecular weight excluding hydrogens is 314 g/mol. The zero-order valence-electron chi connectivity index (χ0n) is 11.5. The van der Waals surface area contributed by atoms with Gasteiger partial charge in [-0.3, -0.25) is 9.58 Å². The summed E-state index contributed by atoms with van der Waals surface area (Å²) in [5.41, 5.74) is 2.18. The van der Waals surface area contributed by atoms with Crippen molar-refractivity contribution >= 4 is 27.5 Å². The number of aromatic nitrogens is 2. The lowest BCUT2D eigenvalue weighted by Gasteiger charge is -2.21. The number of hydrogen-bond acceptors (Lipinski definition) is 2. The van der Waals surface area contributed by atoms with Crippen molar-refractivity contribution in [3.8, 4) is 0 Å². The van der Waals surface area contributed by atoms with E-state index >= 15 is 0 Å². The Morgan fingerprint density at radius 2 is 2.00 bits per heavy atom. The minimum Gasteiger partial charge on any atom is -0.297 e. The first kappa shape index (κ1) is 16.0. The smallest absolute Gasteiger partial charge is 0.0863 e. The van der Waals surface area contributed by atoms with Gasteiger partial charge in [0, 0.05) is 25.0 Å². The molecular formula is C13H23BrClN3. The summed E-state index contributed by atoms with van der Waals surface area (Å²) in [5, 5.41) is 6.41. The number of halogens is 2. The van der Waals surface area contributed by atoms with E-state index in [4.69, 9.17) is 11.6 Å². The van der Waals surface area contributed by atoms with E-state index in [-0.39, 0.29) is 0 Å². The number of nitrogens with zero attached hydrogens (tertiary/aromatic N) is 3. The second kappa shape index (κ2) is 8.18. The van der Waals surface area contributed by atoms with Crippen LogP contribution < -0.4 is 0 Å². The van der Waals surface area contributed by atoms with Crippen LogP contribution in [0.1, 0.15) is 38.6 Å². The molecule has 5 heteroatoms. The average Bonchev–Trinajstić information content (AvgIpc) is 2.67. The molecule has 1 aromatic rings. The highest BCUT2D eigenvalue weighted by molar-refractivity contribution is 9.09. The van der Waals surface area contributed by atoms with Gasteiger partial charge < -0.3 is 0 Å². The second-order valence-corrected chi connectivity index (χ2v) is 5.51. The summed E-state index contributed by atoms with van der Waals surface area (Å²) in [6, 6.07) is 0. The molecule has 3 nitrogen and oxygen atoms in total. The highest BCUT2D eigenvalue weighted by Gasteiger charge is 2.16. The van der Waals surface area contributed by atoms with Crippen molar-refractivity contribution in [1.82, 2.24) is 14.7 Å². The quantitative estimate of drug-likeness (QED) is 0.675. The van der Waals surface area contributed by atoms with Crippen molar-refractivity contribution in [2.45, 2.75) is 46.7 Å². The predicted molar refractivity (Wildman–Crippen MR) is 81.7 cm³/mol. The van der Waals surface area contributed by atoms with Gasteiger partial charge in [0.05, 0.1) is 16.4 Å². The Hall–Kier alpha value is -0.0600. The minimum atomic E-state index is 0.857. The van der Waals surface area contributed by atoms with Gasteiger partial charge >= 0.3 is 0 Å². The van der Waals surface area contributed by atoms with Gasteiger partial charge in [0.15, 0.2) is 0 Å². The molecule has 0 unspecified atom stereocenters. The van der Waals surface area contributed by atoms with Crippen molar-refractivity contribution in [3.63, 3.8) is 0 Å². The summed E-state index contributed by atoms with van der Waals surface area (Å²) >= 11 is 9.94. The number of hydrogen-bond donors (Lipinski definition) is 0. The van der Waals surface area contributed by atoms with Crippen molar-refractivity contribution in [2.75, 3.05) is 18.4 Å². The summed E-state index contributed by atoms with van der Waals surface area (Å²) in [5.74, 6) is 0.